The first-order valence-electron chi connectivity index (χ1n) is 5.11. The Morgan fingerprint density at radius 3 is 2.53 bits per heavy atom. The average molecular weight is 276 g/mol. The summed E-state index contributed by atoms with van der Waals surface area (Å²) in [6, 6.07) is 2.89. The summed E-state index contributed by atoms with van der Waals surface area (Å²) in [5.41, 5.74) is 0. The Morgan fingerprint density at radius 1 is 1.41 bits per heavy atom. The highest BCUT2D eigenvalue weighted by molar-refractivity contribution is 7.91. The molecular formula is C10H16N2O3S2. The van der Waals surface area contributed by atoms with Crippen LogP contribution in [0.1, 0.15) is 22.5 Å². The molecule has 0 unspecified atom stereocenters. The number of primary sulfonamides is 1. The molecular weight excluding hydrogens is 260 g/mol. The van der Waals surface area contributed by atoms with Gasteiger partial charge in [-0.15, -0.1) is 11.3 Å². The minimum absolute atomic E-state index is 0.0354. The van der Waals surface area contributed by atoms with E-state index in [0.29, 0.717) is 11.3 Å². The summed E-state index contributed by atoms with van der Waals surface area (Å²) in [7, 11) is 0.187. The minimum Gasteiger partial charge on any atom is -0.309 e. The Bertz CT molecular complexity index is 491. The molecule has 1 rings (SSSR count). The predicted molar refractivity (Wildman–Crippen MR) is 67.8 cm³/mol. The number of nitrogens with two attached hydrogens (primary N) is 1. The van der Waals surface area contributed by atoms with Crippen LogP contribution < -0.4 is 5.14 Å². The molecule has 0 saturated carbocycles. The van der Waals surface area contributed by atoms with Gasteiger partial charge >= 0.3 is 0 Å². The smallest absolute Gasteiger partial charge is 0.247 e. The summed E-state index contributed by atoms with van der Waals surface area (Å²) in [6.07, 6.45) is 1.18. The molecule has 0 spiro atoms. The molecule has 96 valence electrons. The molecule has 7 heteroatoms. The van der Waals surface area contributed by atoms with E-state index in [1.54, 1.807) is 0 Å². The van der Waals surface area contributed by atoms with Gasteiger partial charge in [0.15, 0.2) is 5.78 Å². The van der Waals surface area contributed by atoms with Crippen molar-refractivity contribution >= 4 is 27.1 Å². The number of hydrogen-bond acceptors (Lipinski definition) is 5. The van der Waals surface area contributed by atoms with E-state index in [9.17, 15) is 13.2 Å². The van der Waals surface area contributed by atoms with Crippen LogP contribution in [0.5, 0.6) is 0 Å². The highest BCUT2D eigenvalue weighted by Crippen LogP contribution is 2.21. The summed E-state index contributed by atoms with van der Waals surface area (Å²) in [4.78, 5) is 14.2. The first-order chi connectivity index (χ1) is 7.80. The van der Waals surface area contributed by atoms with Crippen molar-refractivity contribution in [1.29, 1.82) is 0 Å². The third-order valence-corrected chi connectivity index (χ3v) is 4.71. The SMILES string of the molecule is CN(C)CCCC(=O)c1ccc(S(N)(=O)=O)s1. The molecule has 0 atom stereocenters. The van der Waals surface area contributed by atoms with Gasteiger partial charge in [-0.3, -0.25) is 4.79 Å². The Kier molecular flexibility index (Phi) is 4.81. The summed E-state index contributed by atoms with van der Waals surface area (Å²) in [5.74, 6) is -0.0354. The van der Waals surface area contributed by atoms with E-state index in [0.717, 1.165) is 24.3 Å². The van der Waals surface area contributed by atoms with Crippen LogP contribution in [-0.2, 0) is 10.0 Å². The molecule has 0 radical (unpaired) electrons. The lowest BCUT2D eigenvalue weighted by atomic mass is 10.2. The minimum atomic E-state index is -3.69. The number of carbonyl (C=O) groups excluding carboxylic acids is 1. The molecule has 0 aliphatic heterocycles. The Balaban J connectivity index is 2.62. The van der Waals surface area contributed by atoms with Crippen molar-refractivity contribution in [2.24, 2.45) is 5.14 Å². The van der Waals surface area contributed by atoms with Crippen LogP contribution in [0.4, 0.5) is 0 Å². The van der Waals surface area contributed by atoms with Crippen LogP contribution in [0.2, 0.25) is 0 Å². The Labute approximate surface area is 105 Å². The Hall–Kier alpha value is -0.760. The van der Waals surface area contributed by atoms with Gasteiger partial charge in [0.1, 0.15) is 4.21 Å². The van der Waals surface area contributed by atoms with Gasteiger partial charge in [-0.1, -0.05) is 0 Å². The van der Waals surface area contributed by atoms with Crippen molar-refractivity contribution in [2.45, 2.75) is 17.1 Å². The Morgan fingerprint density at radius 2 is 2.06 bits per heavy atom. The topological polar surface area (TPSA) is 80.5 Å². The molecule has 1 aromatic rings. The van der Waals surface area contributed by atoms with Crippen molar-refractivity contribution < 1.29 is 13.2 Å². The van der Waals surface area contributed by atoms with Crippen molar-refractivity contribution in [3.8, 4) is 0 Å². The normalized spacial score (nSPS) is 12.0. The molecule has 0 bridgehead atoms. The highest BCUT2D eigenvalue weighted by atomic mass is 32.2. The van der Waals surface area contributed by atoms with Crippen molar-refractivity contribution in [3.63, 3.8) is 0 Å². The molecule has 1 heterocycles. The summed E-state index contributed by atoms with van der Waals surface area (Å²) in [6.45, 7) is 0.832. The summed E-state index contributed by atoms with van der Waals surface area (Å²) < 4.78 is 22.1. The van der Waals surface area contributed by atoms with Gasteiger partial charge < -0.3 is 4.90 Å². The number of carbonyl (C=O) groups is 1. The first-order valence-corrected chi connectivity index (χ1v) is 7.47. The molecule has 1 aromatic heterocycles. The number of hydrogen-bond donors (Lipinski definition) is 1. The van der Waals surface area contributed by atoms with E-state index >= 15 is 0 Å². The van der Waals surface area contributed by atoms with E-state index in [1.807, 2.05) is 19.0 Å². The van der Waals surface area contributed by atoms with Gasteiger partial charge in [0.25, 0.3) is 0 Å². The number of nitrogens with zero attached hydrogens (tertiary/aromatic N) is 1. The molecule has 17 heavy (non-hydrogen) atoms. The van der Waals surface area contributed by atoms with E-state index in [-0.39, 0.29) is 9.99 Å². The largest absolute Gasteiger partial charge is 0.309 e. The average Bonchev–Trinajstić information content (AvgIpc) is 2.64. The molecule has 0 saturated heterocycles. The lowest BCUT2D eigenvalue weighted by Gasteiger charge is -2.07. The van der Waals surface area contributed by atoms with Gasteiger partial charge in [0, 0.05) is 6.42 Å². The molecule has 2 N–H and O–H groups in total. The number of thiophene rings is 1. The molecule has 0 aliphatic carbocycles. The van der Waals surface area contributed by atoms with E-state index in [1.165, 1.54) is 12.1 Å². The lowest BCUT2D eigenvalue weighted by molar-refractivity contribution is 0.0981. The molecule has 0 fully saturated rings. The standard InChI is InChI=1S/C10H16N2O3S2/c1-12(2)7-3-4-8(13)9-5-6-10(16-9)17(11,14)15/h5-6H,3-4,7H2,1-2H3,(H2,11,14,15). The number of sulfonamides is 1. The zero-order valence-corrected chi connectivity index (χ0v) is 11.5. The number of rotatable bonds is 6. The third-order valence-electron chi connectivity index (χ3n) is 2.15. The summed E-state index contributed by atoms with van der Waals surface area (Å²) in [5, 5.41) is 4.97. The summed E-state index contributed by atoms with van der Waals surface area (Å²) >= 11 is 0.931. The third kappa shape index (κ3) is 4.55. The maximum absolute atomic E-state index is 11.7. The van der Waals surface area contributed by atoms with Crippen LogP contribution in [0, 0.1) is 0 Å². The maximum atomic E-state index is 11.7. The second-order valence-corrected chi connectivity index (χ2v) is 6.87. The second kappa shape index (κ2) is 5.72. The van der Waals surface area contributed by atoms with E-state index in [2.05, 4.69) is 0 Å². The van der Waals surface area contributed by atoms with Gasteiger partial charge in [-0.25, -0.2) is 13.6 Å². The maximum Gasteiger partial charge on any atom is 0.247 e. The van der Waals surface area contributed by atoms with Crippen molar-refractivity contribution in [1.82, 2.24) is 4.90 Å². The molecule has 0 aliphatic rings. The van der Waals surface area contributed by atoms with Crippen LogP contribution in [0.3, 0.4) is 0 Å². The van der Waals surface area contributed by atoms with Gasteiger partial charge in [-0.2, -0.15) is 0 Å². The van der Waals surface area contributed by atoms with Crippen LogP contribution in [0.15, 0.2) is 16.3 Å². The van der Waals surface area contributed by atoms with Gasteiger partial charge in [0.2, 0.25) is 10.0 Å². The lowest BCUT2D eigenvalue weighted by Crippen LogP contribution is -2.14. The van der Waals surface area contributed by atoms with Gasteiger partial charge in [-0.05, 0) is 39.2 Å². The fraction of sp³-hybridized carbons (Fsp3) is 0.500. The van der Waals surface area contributed by atoms with Crippen LogP contribution in [-0.4, -0.2) is 39.7 Å². The fourth-order valence-corrected chi connectivity index (χ4v) is 3.00. The number of ketones is 1. The second-order valence-electron chi connectivity index (χ2n) is 3.99. The van der Waals surface area contributed by atoms with Gasteiger partial charge in [0.05, 0.1) is 4.88 Å². The quantitative estimate of drug-likeness (QED) is 0.783. The van der Waals surface area contributed by atoms with E-state index in [4.69, 9.17) is 5.14 Å². The fourth-order valence-electron chi connectivity index (χ4n) is 1.30. The van der Waals surface area contributed by atoms with Crippen molar-refractivity contribution in [3.05, 3.63) is 17.0 Å². The zero-order valence-electron chi connectivity index (χ0n) is 9.84. The zero-order chi connectivity index (χ0) is 13.1. The van der Waals surface area contributed by atoms with Crippen molar-refractivity contribution in [2.75, 3.05) is 20.6 Å². The van der Waals surface area contributed by atoms with Crippen LogP contribution >= 0.6 is 11.3 Å². The van der Waals surface area contributed by atoms with Crippen LogP contribution in [0.25, 0.3) is 0 Å². The predicted octanol–water partition coefficient (Wildman–Crippen LogP) is 0.920. The molecule has 5 nitrogen and oxygen atoms in total. The molecule has 0 aromatic carbocycles. The highest BCUT2D eigenvalue weighted by Gasteiger charge is 2.15. The number of Topliss-reactive ketones (excluding diaryl/α,β-unsaturated/α-hetero) is 1. The molecule has 0 amide bonds. The first kappa shape index (κ1) is 14.3. The van der Waals surface area contributed by atoms with E-state index < -0.39 is 10.0 Å². The monoisotopic (exact) mass is 276 g/mol.